The summed E-state index contributed by atoms with van der Waals surface area (Å²) in [7, 11) is 1.83. The van der Waals surface area contributed by atoms with Crippen molar-refractivity contribution in [1.29, 1.82) is 0 Å². The van der Waals surface area contributed by atoms with E-state index in [1.807, 2.05) is 37.6 Å². The fourth-order valence-electron chi connectivity index (χ4n) is 1.74. The Hall–Kier alpha value is -0.680. The lowest BCUT2D eigenvalue weighted by Gasteiger charge is -2.40. The summed E-state index contributed by atoms with van der Waals surface area (Å²) in [5, 5.41) is 1.08. The van der Waals surface area contributed by atoms with Gasteiger partial charge in [-0.15, -0.1) is 0 Å². The molecule has 0 saturated carbocycles. The van der Waals surface area contributed by atoms with Crippen LogP contribution in [0.1, 0.15) is 0 Å². The third-order valence-electron chi connectivity index (χ3n) is 2.61. The highest BCUT2D eigenvalue weighted by Crippen LogP contribution is 2.22. The minimum Gasteiger partial charge on any atom is -0.487 e. The fraction of sp³-hybridized carbons (Fsp3) is 0.417. The first-order valence-electron chi connectivity index (χ1n) is 5.41. The average Bonchev–Trinajstić information content (AvgIpc) is 2.29. The molecule has 5 heteroatoms. The van der Waals surface area contributed by atoms with Gasteiger partial charge in [0.25, 0.3) is 0 Å². The molecule has 1 fully saturated rings. The number of aliphatic imine (C=N–C) groups is 1. The predicted molar refractivity (Wildman–Crippen MR) is 77.0 cm³/mol. The van der Waals surface area contributed by atoms with Gasteiger partial charge in [-0.25, -0.2) is 0 Å². The van der Waals surface area contributed by atoms with E-state index in [4.69, 9.17) is 4.74 Å². The van der Waals surface area contributed by atoms with Crippen molar-refractivity contribution in [2.75, 3.05) is 26.4 Å². The summed E-state index contributed by atoms with van der Waals surface area (Å²) in [5.41, 5.74) is 0. The van der Waals surface area contributed by atoms with Crippen LogP contribution in [-0.2, 0) is 0 Å². The minimum absolute atomic E-state index is 0.278. The van der Waals surface area contributed by atoms with Crippen molar-refractivity contribution in [2.24, 2.45) is 4.99 Å². The summed E-state index contributed by atoms with van der Waals surface area (Å²) in [5.74, 6) is 0.928. The second-order valence-corrected chi connectivity index (χ2v) is 5.50. The molecule has 1 aromatic rings. The Labute approximate surface area is 114 Å². The van der Waals surface area contributed by atoms with Crippen LogP contribution in [0.3, 0.4) is 0 Å². The van der Waals surface area contributed by atoms with Gasteiger partial charge < -0.3 is 9.64 Å². The van der Waals surface area contributed by atoms with Crippen LogP contribution in [-0.4, -0.2) is 42.6 Å². The highest BCUT2D eigenvalue weighted by molar-refractivity contribution is 9.10. The van der Waals surface area contributed by atoms with E-state index >= 15 is 0 Å². The van der Waals surface area contributed by atoms with Crippen molar-refractivity contribution in [2.45, 2.75) is 6.10 Å². The Bertz CT molecular complexity index is 401. The number of hydrogen-bond donors (Lipinski definition) is 0. The molecule has 17 heavy (non-hydrogen) atoms. The summed E-state index contributed by atoms with van der Waals surface area (Å²) in [6.45, 7) is 1.84. The van der Waals surface area contributed by atoms with Gasteiger partial charge in [0.1, 0.15) is 11.9 Å². The maximum Gasteiger partial charge on any atom is 0.158 e. The number of nitrogens with zero attached hydrogens (tertiary/aromatic N) is 2. The van der Waals surface area contributed by atoms with Crippen LogP contribution in [0.15, 0.2) is 33.7 Å². The zero-order valence-corrected chi connectivity index (χ0v) is 12.3. The molecule has 0 atom stereocenters. The summed E-state index contributed by atoms with van der Waals surface area (Å²) in [4.78, 5) is 6.46. The molecule has 1 heterocycles. The first-order valence-corrected chi connectivity index (χ1v) is 7.42. The average molecular weight is 315 g/mol. The van der Waals surface area contributed by atoms with E-state index in [0.29, 0.717) is 0 Å². The Kier molecular flexibility index (Phi) is 4.34. The topological polar surface area (TPSA) is 24.8 Å². The first kappa shape index (κ1) is 12.8. The Morgan fingerprint density at radius 3 is 2.59 bits per heavy atom. The van der Waals surface area contributed by atoms with Gasteiger partial charge >= 0.3 is 0 Å². The van der Waals surface area contributed by atoms with Crippen LogP contribution in [0.4, 0.5) is 0 Å². The second-order valence-electron chi connectivity index (χ2n) is 3.81. The van der Waals surface area contributed by atoms with Crippen molar-refractivity contribution < 1.29 is 4.74 Å². The highest BCUT2D eigenvalue weighted by atomic mass is 79.9. The lowest BCUT2D eigenvalue weighted by Crippen LogP contribution is -2.55. The quantitative estimate of drug-likeness (QED) is 0.620. The molecule has 1 saturated heterocycles. The Balaban J connectivity index is 1.83. The molecule has 2 rings (SSSR count). The van der Waals surface area contributed by atoms with E-state index in [1.165, 1.54) is 0 Å². The standard InChI is InChI=1S/C12H15BrN2OS/c1-14-12(17-2)15-7-11(8-15)16-10-5-3-9(13)4-6-10/h3-6,11H,7-8H2,1-2H3. The van der Waals surface area contributed by atoms with Crippen molar-refractivity contribution in [1.82, 2.24) is 4.90 Å². The summed E-state index contributed by atoms with van der Waals surface area (Å²) in [6, 6.07) is 7.95. The number of thioether (sulfide) groups is 1. The van der Waals surface area contributed by atoms with Crippen molar-refractivity contribution >= 4 is 32.9 Å². The maximum atomic E-state index is 5.85. The van der Waals surface area contributed by atoms with Gasteiger partial charge in [0.05, 0.1) is 13.1 Å². The van der Waals surface area contributed by atoms with Gasteiger partial charge in [-0.2, -0.15) is 0 Å². The van der Waals surface area contributed by atoms with E-state index in [1.54, 1.807) is 11.8 Å². The number of benzene rings is 1. The van der Waals surface area contributed by atoms with E-state index < -0.39 is 0 Å². The first-order chi connectivity index (χ1) is 8.22. The minimum atomic E-state index is 0.278. The summed E-state index contributed by atoms with van der Waals surface area (Å²) in [6.07, 6.45) is 2.32. The lowest BCUT2D eigenvalue weighted by atomic mass is 10.2. The third kappa shape index (κ3) is 3.16. The molecule has 0 spiro atoms. The molecule has 1 aromatic carbocycles. The van der Waals surface area contributed by atoms with Crippen LogP contribution in [0.5, 0.6) is 5.75 Å². The fourth-order valence-corrected chi connectivity index (χ4v) is 2.59. The van der Waals surface area contributed by atoms with E-state index in [9.17, 15) is 0 Å². The number of rotatable bonds is 2. The van der Waals surface area contributed by atoms with Crippen LogP contribution in [0, 0.1) is 0 Å². The molecule has 0 amide bonds. The van der Waals surface area contributed by atoms with Crippen molar-refractivity contribution in [3.63, 3.8) is 0 Å². The number of amidine groups is 1. The molecule has 0 aromatic heterocycles. The Morgan fingerprint density at radius 1 is 1.41 bits per heavy atom. The normalized spacial score (nSPS) is 16.9. The van der Waals surface area contributed by atoms with Gasteiger partial charge in [-0.3, -0.25) is 4.99 Å². The van der Waals surface area contributed by atoms with Gasteiger partial charge in [0.15, 0.2) is 5.17 Å². The molecule has 0 unspecified atom stereocenters. The van der Waals surface area contributed by atoms with Crippen LogP contribution < -0.4 is 4.74 Å². The van der Waals surface area contributed by atoms with Gasteiger partial charge in [-0.05, 0) is 30.5 Å². The smallest absolute Gasteiger partial charge is 0.158 e. The molecule has 1 aliphatic heterocycles. The molecule has 0 radical (unpaired) electrons. The molecule has 92 valence electrons. The third-order valence-corrected chi connectivity index (χ3v) is 3.94. The van der Waals surface area contributed by atoms with Crippen molar-refractivity contribution in [3.05, 3.63) is 28.7 Å². The number of likely N-dealkylation sites (tertiary alicyclic amines) is 1. The highest BCUT2D eigenvalue weighted by Gasteiger charge is 2.30. The monoisotopic (exact) mass is 314 g/mol. The molecule has 1 aliphatic rings. The van der Waals surface area contributed by atoms with Crippen LogP contribution in [0.25, 0.3) is 0 Å². The van der Waals surface area contributed by atoms with E-state index in [2.05, 4.69) is 25.8 Å². The SMILES string of the molecule is CN=C(SC)N1CC(Oc2ccc(Br)cc2)C1. The van der Waals surface area contributed by atoms with Crippen LogP contribution >= 0.6 is 27.7 Å². The summed E-state index contributed by atoms with van der Waals surface area (Å²) >= 11 is 5.09. The summed E-state index contributed by atoms with van der Waals surface area (Å²) < 4.78 is 6.92. The molecular formula is C12H15BrN2OS. The zero-order valence-electron chi connectivity index (χ0n) is 9.89. The van der Waals surface area contributed by atoms with Gasteiger partial charge in [0, 0.05) is 11.5 Å². The molecule has 0 bridgehead atoms. The molecule has 0 N–H and O–H groups in total. The van der Waals surface area contributed by atoms with Crippen LogP contribution in [0.2, 0.25) is 0 Å². The second kappa shape index (κ2) is 5.78. The molecular weight excluding hydrogens is 300 g/mol. The van der Waals surface area contributed by atoms with Gasteiger partial charge in [0.2, 0.25) is 0 Å². The zero-order chi connectivity index (χ0) is 12.3. The number of halogens is 1. The van der Waals surface area contributed by atoms with E-state index in [-0.39, 0.29) is 6.10 Å². The molecule has 0 aliphatic carbocycles. The lowest BCUT2D eigenvalue weighted by molar-refractivity contribution is 0.0699. The predicted octanol–water partition coefficient (Wildman–Crippen LogP) is 2.86. The van der Waals surface area contributed by atoms with E-state index in [0.717, 1.165) is 28.5 Å². The Morgan fingerprint density at radius 2 is 2.06 bits per heavy atom. The number of hydrogen-bond acceptors (Lipinski definition) is 3. The van der Waals surface area contributed by atoms with Gasteiger partial charge in [-0.1, -0.05) is 27.7 Å². The largest absolute Gasteiger partial charge is 0.487 e. The number of ether oxygens (including phenoxy) is 1. The maximum absolute atomic E-state index is 5.85. The molecule has 3 nitrogen and oxygen atoms in total. The van der Waals surface area contributed by atoms with Crippen molar-refractivity contribution in [3.8, 4) is 5.75 Å².